The molecule has 0 saturated carbocycles. The fraction of sp³-hybridized carbons (Fsp3) is 0. The Hall–Kier alpha value is -2.55. The highest BCUT2D eigenvalue weighted by molar-refractivity contribution is 7.11. The van der Waals surface area contributed by atoms with E-state index in [0.29, 0.717) is 0 Å². The van der Waals surface area contributed by atoms with Crippen molar-refractivity contribution >= 4 is 23.3 Å². The lowest BCUT2D eigenvalue weighted by atomic mass is 10.2. The van der Waals surface area contributed by atoms with E-state index in [-0.39, 0.29) is 5.13 Å². The smallest absolute Gasteiger partial charge is 0.353 e. The molecule has 2 N–H and O–H groups in total. The Morgan fingerprint density at radius 2 is 1.72 bits per heavy atom. The van der Waals surface area contributed by atoms with Gasteiger partial charge in [0.2, 0.25) is 5.13 Å². The van der Waals surface area contributed by atoms with E-state index in [1.165, 1.54) is 5.51 Å². The van der Waals surface area contributed by atoms with Crippen LogP contribution in [0.2, 0.25) is 0 Å². The third kappa shape index (κ3) is 1.98. The van der Waals surface area contributed by atoms with Crippen molar-refractivity contribution in [2.75, 3.05) is 0 Å². The number of nitrogens with zero attached hydrogens (tertiary/aromatic N) is 3. The highest BCUT2D eigenvalue weighted by Crippen LogP contribution is 2.15. The minimum Gasteiger partial charge on any atom is -0.477 e. The Morgan fingerprint density at radius 1 is 1.17 bits per heavy atom. The summed E-state index contributed by atoms with van der Waals surface area (Å²) in [7, 11) is 0. The second kappa shape index (κ2) is 4.37. The summed E-state index contributed by atoms with van der Waals surface area (Å²) >= 11 is 0.957. The SMILES string of the molecule is O=C(O)c1cc(=O)cc(C(=O)O)n1-c1nncs1. The van der Waals surface area contributed by atoms with Crippen molar-refractivity contribution in [3.63, 3.8) is 0 Å². The maximum Gasteiger partial charge on any atom is 0.353 e. The predicted octanol–water partition coefficient (Wildman–Crippen LogP) is 0.0854. The molecule has 0 saturated heterocycles. The van der Waals surface area contributed by atoms with Crippen LogP contribution >= 0.6 is 11.3 Å². The Bertz CT molecular complexity index is 638. The average molecular weight is 267 g/mol. The zero-order valence-corrected chi connectivity index (χ0v) is 9.42. The molecule has 0 atom stereocenters. The van der Waals surface area contributed by atoms with Crippen LogP contribution in [-0.2, 0) is 0 Å². The molecule has 0 amide bonds. The van der Waals surface area contributed by atoms with Gasteiger partial charge in [-0.15, -0.1) is 10.2 Å². The number of rotatable bonds is 3. The zero-order chi connectivity index (χ0) is 13.3. The standard InChI is InChI=1S/C9H5N3O5S/c13-4-1-5(7(14)15)12(6(2-4)8(16)17)9-11-10-3-18-9/h1-3H,(H,14,15)(H,16,17). The maximum atomic E-state index is 11.3. The lowest BCUT2D eigenvalue weighted by Crippen LogP contribution is -2.22. The molecule has 2 rings (SSSR count). The van der Waals surface area contributed by atoms with Crippen LogP contribution in [-0.4, -0.2) is 36.9 Å². The Kier molecular flexibility index (Phi) is 2.90. The summed E-state index contributed by atoms with van der Waals surface area (Å²) in [6.07, 6.45) is 0. The summed E-state index contributed by atoms with van der Waals surface area (Å²) in [5.74, 6) is -2.85. The molecule has 2 aromatic rings. The second-order valence-corrected chi connectivity index (χ2v) is 3.94. The summed E-state index contributed by atoms with van der Waals surface area (Å²) in [5, 5.41) is 25.2. The van der Waals surface area contributed by atoms with Crippen LogP contribution in [0, 0.1) is 0 Å². The van der Waals surface area contributed by atoms with Gasteiger partial charge in [0.25, 0.3) is 0 Å². The van der Waals surface area contributed by atoms with Crippen LogP contribution in [0.25, 0.3) is 5.13 Å². The fourth-order valence-electron chi connectivity index (χ4n) is 1.36. The van der Waals surface area contributed by atoms with Gasteiger partial charge in [0.1, 0.15) is 16.9 Å². The largest absolute Gasteiger partial charge is 0.477 e. The third-order valence-corrected chi connectivity index (χ3v) is 2.69. The number of carbonyl (C=O) groups is 2. The molecule has 92 valence electrons. The van der Waals surface area contributed by atoms with Gasteiger partial charge in [-0.1, -0.05) is 11.3 Å². The lowest BCUT2D eigenvalue weighted by molar-refractivity contribution is 0.0678. The topological polar surface area (TPSA) is 122 Å². The Morgan fingerprint density at radius 3 is 2.11 bits per heavy atom. The summed E-state index contributed by atoms with van der Waals surface area (Å²) in [6, 6.07) is 1.66. The lowest BCUT2D eigenvalue weighted by Gasteiger charge is -2.09. The highest BCUT2D eigenvalue weighted by Gasteiger charge is 2.20. The van der Waals surface area contributed by atoms with E-state index < -0.39 is 28.8 Å². The number of carboxylic acids is 2. The number of hydrogen-bond donors (Lipinski definition) is 2. The first-order chi connectivity index (χ1) is 8.50. The number of aromatic carboxylic acids is 2. The van der Waals surface area contributed by atoms with Gasteiger partial charge >= 0.3 is 11.9 Å². The van der Waals surface area contributed by atoms with Crippen molar-refractivity contribution < 1.29 is 19.8 Å². The Labute approximate surface area is 103 Å². The number of carboxylic acid groups (broad SMARTS) is 2. The van der Waals surface area contributed by atoms with Crippen molar-refractivity contribution in [2.24, 2.45) is 0 Å². The number of hydrogen-bond acceptors (Lipinski definition) is 6. The van der Waals surface area contributed by atoms with Crippen molar-refractivity contribution in [1.82, 2.24) is 14.8 Å². The first-order valence-corrected chi connectivity index (χ1v) is 5.39. The van der Waals surface area contributed by atoms with E-state index in [1.54, 1.807) is 0 Å². The van der Waals surface area contributed by atoms with Gasteiger partial charge in [-0.2, -0.15) is 0 Å². The first kappa shape index (κ1) is 11.9. The van der Waals surface area contributed by atoms with Crippen LogP contribution in [0.5, 0.6) is 0 Å². The Balaban J connectivity index is 2.86. The molecule has 0 unspecified atom stereocenters. The summed E-state index contributed by atoms with van der Waals surface area (Å²) in [5.41, 5.74) is -0.330. The van der Waals surface area contributed by atoms with Gasteiger partial charge in [0, 0.05) is 12.1 Å². The normalized spacial score (nSPS) is 10.2. The van der Waals surface area contributed by atoms with E-state index in [2.05, 4.69) is 10.2 Å². The molecule has 0 aliphatic heterocycles. The van der Waals surface area contributed by atoms with E-state index >= 15 is 0 Å². The van der Waals surface area contributed by atoms with Crippen LogP contribution in [0.3, 0.4) is 0 Å². The molecule has 0 aliphatic rings. The van der Waals surface area contributed by atoms with Crippen LogP contribution in [0.1, 0.15) is 21.0 Å². The molecule has 0 radical (unpaired) electrons. The number of pyridine rings is 1. The van der Waals surface area contributed by atoms with E-state index in [1.807, 2.05) is 0 Å². The molecular weight excluding hydrogens is 262 g/mol. The zero-order valence-electron chi connectivity index (χ0n) is 8.60. The second-order valence-electron chi connectivity index (χ2n) is 3.13. The third-order valence-electron chi connectivity index (χ3n) is 2.02. The molecule has 9 heteroatoms. The predicted molar refractivity (Wildman–Crippen MR) is 59.4 cm³/mol. The quantitative estimate of drug-likeness (QED) is 0.807. The molecule has 0 aliphatic carbocycles. The van der Waals surface area contributed by atoms with Gasteiger partial charge in [-0.05, 0) is 0 Å². The van der Waals surface area contributed by atoms with Gasteiger partial charge in [0.05, 0.1) is 0 Å². The van der Waals surface area contributed by atoms with Crippen molar-refractivity contribution in [3.05, 3.63) is 39.3 Å². The van der Waals surface area contributed by atoms with E-state index in [4.69, 9.17) is 10.2 Å². The van der Waals surface area contributed by atoms with E-state index in [9.17, 15) is 14.4 Å². The molecule has 0 aromatic carbocycles. The fourth-order valence-corrected chi connectivity index (χ4v) is 1.94. The highest BCUT2D eigenvalue weighted by atomic mass is 32.1. The van der Waals surface area contributed by atoms with Crippen molar-refractivity contribution in [1.29, 1.82) is 0 Å². The van der Waals surface area contributed by atoms with Crippen molar-refractivity contribution in [3.8, 4) is 5.13 Å². The molecule has 8 nitrogen and oxygen atoms in total. The average Bonchev–Trinajstić information content (AvgIpc) is 2.80. The minimum atomic E-state index is -1.43. The van der Waals surface area contributed by atoms with Gasteiger partial charge < -0.3 is 10.2 Å². The van der Waals surface area contributed by atoms with Gasteiger partial charge in [0.15, 0.2) is 5.43 Å². The monoisotopic (exact) mass is 267 g/mol. The number of aromatic nitrogens is 3. The van der Waals surface area contributed by atoms with Crippen LogP contribution in [0.15, 0.2) is 22.4 Å². The minimum absolute atomic E-state index is 0.0600. The molecular formula is C9H5N3O5S. The maximum absolute atomic E-state index is 11.3. The van der Waals surface area contributed by atoms with Crippen LogP contribution in [0.4, 0.5) is 0 Å². The van der Waals surface area contributed by atoms with Gasteiger partial charge in [-0.3, -0.25) is 9.36 Å². The summed E-state index contributed by atoms with van der Waals surface area (Å²) < 4.78 is 0.865. The summed E-state index contributed by atoms with van der Waals surface area (Å²) in [4.78, 5) is 33.4. The molecule has 18 heavy (non-hydrogen) atoms. The van der Waals surface area contributed by atoms with Crippen LogP contribution < -0.4 is 5.43 Å². The molecule has 0 bridgehead atoms. The molecule has 0 fully saturated rings. The summed E-state index contributed by atoms with van der Waals surface area (Å²) in [6.45, 7) is 0. The first-order valence-electron chi connectivity index (χ1n) is 4.51. The molecule has 2 heterocycles. The molecule has 0 spiro atoms. The van der Waals surface area contributed by atoms with Gasteiger partial charge in [-0.25, -0.2) is 9.59 Å². The van der Waals surface area contributed by atoms with E-state index in [0.717, 1.165) is 28.0 Å². The molecule has 2 aromatic heterocycles. The van der Waals surface area contributed by atoms with Crippen molar-refractivity contribution in [2.45, 2.75) is 0 Å².